The van der Waals surface area contributed by atoms with Gasteiger partial charge in [-0.05, 0) is 93.6 Å². The van der Waals surface area contributed by atoms with Gasteiger partial charge in [0, 0.05) is 36.7 Å². The summed E-state index contributed by atoms with van der Waals surface area (Å²) >= 11 is 6.02. The molecule has 2 aromatic carbocycles. The summed E-state index contributed by atoms with van der Waals surface area (Å²) in [5, 5.41) is 3.49. The number of carbonyl (C=O) groups excluding carboxylic acids is 2. The van der Waals surface area contributed by atoms with Gasteiger partial charge in [-0.15, -0.1) is 0 Å². The Morgan fingerprint density at radius 3 is 2.29 bits per heavy atom. The monoisotopic (exact) mass is 530 g/mol. The molecule has 0 aliphatic carbocycles. The minimum absolute atomic E-state index is 0.0537. The zero-order valence-electron chi connectivity index (χ0n) is 21.8. The first kappa shape index (κ1) is 25.8. The van der Waals surface area contributed by atoms with Crippen molar-refractivity contribution in [2.45, 2.75) is 45.1 Å². The highest BCUT2D eigenvalue weighted by molar-refractivity contribution is 6.30. The van der Waals surface area contributed by atoms with Gasteiger partial charge in [-0.3, -0.25) is 9.59 Å². The molecule has 8 heteroatoms. The minimum Gasteiger partial charge on any atom is -0.488 e. The SMILES string of the molecule is CC(C)(C)Oc1ccc(C(=O)N2CCC(c3ccc(NC(=O)c4cn5cc(Cl)ccc5n4)cc3)CC2)cc1. The highest BCUT2D eigenvalue weighted by atomic mass is 35.5. The zero-order chi connectivity index (χ0) is 26.9. The molecule has 0 saturated carbocycles. The van der Waals surface area contributed by atoms with E-state index in [1.54, 1.807) is 28.9 Å². The summed E-state index contributed by atoms with van der Waals surface area (Å²) in [7, 11) is 0. The fourth-order valence-electron chi connectivity index (χ4n) is 4.73. The lowest BCUT2D eigenvalue weighted by molar-refractivity contribution is 0.0712. The summed E-state index contributed by atoms with van der Waals surface area (Å²) in [5.41, 5.74) is 3.30. The quantitative estimate of drug-likeness (QED) is 0.322. The van der Waals surface area contributed by atoms with E-state index in [4.69, 9.17) is 16.3 Å². The first-order chi connectivity index (χ1) is 18.1. The fourth-order valence-corrected chi connectivity index (χ4v) is 4.89. The Balaban J connectivity index is 1.15. The number of nitrogens with zero attached hydrogens (tertiary/aromatic N) is 3. The van der Waals surface area contributed by atoms with Gasteiger partial charge in [-0.1, -0.05) is 23.7 Å². The number of nitrogens with one attached hydrogen (secondary N) is 1. The maximum Gasteiger partial charge on any atom is 0.275 e. The van der Waals surface area contributed by atoms with E-state index in [1.807, 2.05) is 62.1 Å². The van der Waals surface area contributed by atoms with E-state index in [1.165, 1.54) is 5.56 Å². The van der Waals surface area contributed by atoms with Crippen molar-refractivity contribution in [3.63, 3.8) is 0 Å². The summed E-state index contributed by atoms with van der Waals surface area (Å²) in [6.45, 7) is 7.42. The number of hydrogen-bond donors (Lipinski definition) is 1. The number of fused-ring (bicyclic) bond motifs is 1. The van der Waals surface area contributed by atoms with Gasteiger partial charge in [0.25, 0.3) is 11.8 Å². The first-order valence-corrected chi connectivity index (χ1v) is 13.2. The van der Waals surface area contributed by atoms with Crippen LogP contribution in [-0.2, 0) is 0 Å². The van der Waals surface area contributed by atoms with Gasteiger partial charge < -0.3 is 19.4 Å². The lowest BCUT2D eigenvalue weighted by Crippen LogP contribution is -2.37. The van der Waals surface area contributed by atoms with Crippen molar-refractivity contribution < 1.29 is 14.3 Å². The molecule has 38 heavy (non-hydrogen) atoms. The summed E-state index contributed by atoms with van der Waals surface area (Å²) in [6.07, 6.45) is 5.17. The average Bonchev–Trinajstić information content (AvgIpc) is 3.32. The van der Waals surface area contributed by atoms with E-state index in [9.17, 15) is 9.59 Å². The number of halogens is 1. The summed E-state index contributed by atoms with van der Waals surface area (Å²) in [6, 6.07) is 18.8. The van der Waals surface area contributed by atoms with Gasteiger partial charge in [0.15, 0.2) is 0 Å². The summed E-state index contributed by atoms with van der Waals surface area (Å²) < 4.78 is 7.59. The number of hydrogen-bond acceptors (Lipinski definition) is 4. The second-order valence-corrected chi connectivity index (χ2v) is 11.1. The number of piperidine rings is 1. The Labute approximate surface area is 227 Å². The molecule has 1 N–H and O–H groups in total. The number of likely N-dealkylation sites (tertiary alicyclic amines) is 1. The lowest BCUT2D eigenvalue weighted by atomic mass is 9.89. The maximum absolute atomic E-state index is 13.0. The Morgan fingerprint density at radius 1 is 0.947 bits per heavy atom. The molecular weight excluding hydrogens is 500 g/mol. The van der Waals surface area contributed by atoms with Crippen LogP contribution in [0, 0.1) is 0 Å². The number of amides is 2. The van der Waals surface area contributed by atoms with Crippen molar-refractivity contribution in [2.24, 2.45) is 0 Å². The molecule has 1 aliphatic rings. The molecule has 1 saturated heterocycles. The molecule has 0 spiro atoms. The highest BCUT2D eigenvalue weighted by Gasteiger charge is 2.25. The number of benzene rings is 2. The zero-order valence-corrected chi connectivity index (χ0v) is 22.5. The molecule has 196 valence electrons. The Bertz CT molecular complexity index is 1450. The van der Waals surface area contributed by atoms with Crippen molar-refractivity contribution in [2.75, 3.05) is 18.4 Å². The van der Waals surface area contributed by atoms with E-state index in [-0.39, 0.29) is 17.4 Å². The van der Waals surface area contributed by atoms with Crippen LogP contribution in [0.25, 0.3) is 5.65 Å². The topological polar surface area (TPSA) is 75.9 Å². The molecule has 0 unspecified atom stereocenters. The van der Waals surface area contributed by atoms with Crippen molar-refractivity contribution in [3.05, 3.63) is 94.9 Å². The molecule has 3 heterocycles. The predicted molar refractivity (Wildman–Crippen MR) is 149 cm³/mol. The van der Waals surface area contributed by atoms with Crippen LogP contribution < -0.4 is 10.1 Å². The Morgan fingerprint density at radius 2 is 1.63 bits per heavy atom. The molecule has 5 rings (SSSR count). The summed E-state index contributed by atoms with van der Waals surface area (Å²) in [4.78, 5) is 32.0. The van der Waals surface area contributed by atoms with Crippen molar-refractivity contribution in [1.29, 1.82) is 0 Å². The molecule has 4 aromatic rings. The number of imidazole rings is 1. The van der Waals surface area contributed by atoms with E-state index < -0.39 is 0 Å². The molecule has 0 bridgehead atoms. The number of ether oxygens (including phenoxy) is 1. The van der Waals surface area contributed by atoms with Gasteiger partial charge in [0.1, 0.15) is 22.7 Å². The van der Waals surface area contributed by atoms with Crippen LogP contribution in [0.5, 0.6) is 5.75 Å². The second-order valence-electron chi connectivity index (χ2n) is 10.6. The van der Waals surface area contributed by atoms with E-state index >= 15 is 0 Å². The van der Waals surface area contributed by atoms with Crippen molar-refractivity contribution in [3.8, 4) is 5.75 Å². The molecule has 7 nitrogen and oxygen atoms in total. The van der Waals surface area contributed by atoms with E-state index in [2.05, 4.69) is 22.4 Å². The second kappa shape index (κ2) is 10.5. The van der Waals surface area contributed by atoms with Crippen LogP contribution in [0.1, 0.15) is 65.9 Å². The van der Waals surface area contributed by atoms with Crippen LogP contribution in [-0.4, -0.2) is 44.8 Å². The number of pyridine rings is 1. The Hall–Kier alpha value is -3.84. The van der Waals surface area contributed by atoms with E-state index in [0.717, 1.165) is 18.6 Å². The third-order valence-electron chi connectivity index (χ3n) is 6.60. The Kier molecular flexibility index (Phi) is 7.13. The van der Waals surface area contributed by atoms with Gasteiger partial charge in [-0.2, -0.15) is 0 Å². The maximum atomic E-state index is 13.0. The third-order valence-corrected chi connectivity index (χ3v) is 6.82. The van der Waals surface area contributed by atoms with Crippen LogP contribution in [0.3, 0.4) is 0 Å². The molecule has 1 fully saturated rings. The van der Waals surface area contributed by atoms with Gasteiger partial charge in [0.05, 0.1) is 5.02 Å². The largest absolute Gasteiger partial charge is 0.488 e. The molecule has 0 radical (unpaired) electrons. The molecule has 1 aliphatic heterocycles. The average molecular weight is 531 g/mol. The van der Waals surface area contributed by atoms with Gasteiger partial charge in [-0.25, -0.2) is 4.98 Å². The number of aromatic nitrogens is 2. The van der Waals surface area contributed by atoms with Crippen molar-refractivity contribution in [1.82, 2.24) is 14.3 Å². The first-order valence-electron chi connectivity index (χ1n) is 12.8. The van der Waals surface area contributed by atoms with Crippen molar-refractivity contribution >= 4 is 34.7 Å². The molecule has 2 aromatic heterocycles. The molecule has 2 amide bonds. The van der Waals surface area contributed by atoms with Gasteiger partial charge >= 0.3 is 0 Å². The minimum atomic E-state index is -0.276. The van der Waals surface area contributed by atoms with E-state index in [0.29, 0.717) is 46.6 Å². The predicted octanol–water partition coefficient (Wildman–Crippen LogP) is 6.44. The van der Waals surface area contributed by atoms with Crippen LogP contribution >= 0.6 is 11.6 Å². The normalized spacial score (nSPS) is 14.5. The molecule has 0 atom stereocenters. The van der Waals surface area contributed by atoms with Crippen LogP contribution in [0.15, 0.2) is 73.1 Å². The number of anilines is 1. The smallest absolute Gasteiger partial charge is 0.275 e. The van der Waals surface area contributed by atoms with Crippen LogP contribution in [0.2, 0.25) is 5.02 Å². The van der Waals surface area contributed by atoms with Gasteiger partial charge in [0.2, 0.25) is 0 Å². The fraction of sp³-hybridized carbons (Fsp3) is 0.300. The number of rotatable bonds is 5. The summed E-state index contributed by atoms with van der Waals surface area (Å²) in [5.74, 6) is 0.908. The third kappa shape index (κ3) is 6.00. The number of carbonyl (C=O) groups is 2. The standard InChI is InChI=1S/C30H31ClN4O3/c1-30(2,3)38-25-11-6-22(7-12-25)29(37)34-16-14-21(15-17-34)20-4-9-24(10-5-20)32-28(36)26-19-35-18-23(31)8-13-27(35)33-26/h4-13,18-19,21H,14-17H2,1-3H3,(H,32,36). The lowest BCUT2D eigenvalue weighted by Gasteiger charge is -2.32. The van der Waals surface area contributed by atoms with Crippen LogP contribution in [0.4, 0.5) is 5.69 Å². The molecular formula is C30H31ClN4O3. The highest BCUT2D eigenvalue weighted by Crippen LogP contribution is 2.30.